The second-order valence-corrected chi connectivity index (χ2v) is 7.18. The molecule has 0 spiro atoms. The van der Waals surface area contributed by atoms with Gasteiger partial charge in [0, 0.05) is 11.8 Å². The highest BCUT2D eigenvalue weighted by Gasteiger charge is 2.11. The van der Waals surface area contributed by atoms with E-state index in [-0.39, 0.29) is 4.90 Å². The molecule has 4 heteroatoms. The average molecular weight is 310 g/mol. The van der Waals surface area contributed by atoms with Gasteiger partial charge in [-0.1, -0.05) is 48.5 Å². The molecule has 3 aromatic rings. The smallest absolute Gasteiger partial charge is 0.175 e. The molecule has 0 heterocycles. The van der Waals surface area contributed by atoms with E-state index in [4.69, 9.17) is 0 Å². The van der Waals surface area contributed by atoms with Crippen LogP contribution in [0.4, 0.5) is 0 Å². The summed E-state index contributed by atoms with van der Waals surface area (Å²) < 4.78 is 23.5. The van der Waals surface area contributed by atoms with E-state index in [1.807, 2.05) is 36.4 Å². The number of fused-ring (bicyclic) bond motifs is 1. The molecule has 0 fully saturated rings. The molecular formula is C18H14O3S. The van der Waals surface area contributed by atoms with Crippen molar-refractivity contribution in [3.8, 4) is 11.1 Å². The Kier molecular flexibility index (Phi) is 3.54. The van der Waals surface area contributed by atoms with E-state index in [0.717, 1.165) is 28.2 Å². The molecule has 22 heavy (non-hydrogen) atoms. The van der Waals surface area contributed by atoms with Gasteiger partial charge in [0.1, 0.15) is 0 Å². The van der Waals surface area contributed by atoms with Crippen LogP contribution in [0.3, 0.4) is 0 Å². The van der Waals surface area contributed by atoms with E-state index < -0.39 is 9.84 Å². The summed E-state index contributed by atoms with van der Waals surface area (Å²) in [7, 11) is -3.26. The highest BCUT2D eigenvalue weighted by atomic mass is 32.2. The molecule has 3 aromatic carbocycles. The van der Waals surface area contributed by atoms with Crippen LogP contribution in [0.5, 0.6) is 0 Å². The molecular weight excluding hydrogens is 296 g/mol. The summed E-state index contributed by atoms with van der Waals surface area (Å²) in [6.45, 7) is 0. The summed E-state index contributed by atoms with van der Waals surface area (Å²) >= 11 is 0. The molecule has 0 unspecified atom stereocenters. The van der Waals surface area contributed by atoms with Crippen LogP contribution in [0.2, 0.25) is 0 Å². The first-order chi connectivity index (χ1) is 10.5. The Morgan fingerprint density at radius 2 is 1.59 bits per heavy atom. The molecule has 3 nitrogen and oxygen atoms in total. The highest BCUT2D eigenvalue weighted by Crippen LogP contribution is 2.31. The largest absolute Gasteiger partial charge is 0.298 e. The van der Waals surface area contributed by atoms with Crippen molar-refractivity contribution >= 4 is 26.9 Å². The molecule has 0 aromatic heterocycles. The van der Waals surface area contributed by atoms with Crippen LogP contribution in [-0.4, -0.2) is 21.0 Å². The van der Waals surface area contributed by atoms with Crippen molar-refractivity contribution < 1.29 is 13.2 Å². The van der Waals surface area contributed by atoms with E-state index in [2.05, 4.69) is 0 Å². The summed E-state index contributed by atoms with van der Waals surface area (Å²) in [5.41, 5.74) is 2.35. The van der Waals surface area contributed by atoms with Gasteiger partial charge in [0.2, 0.25) is 0 Å². The zero-order chi connectivity index (χ0) is 15.7. The van der Waals surface area contributed by atoms with Gasteiger partial charge in [0.05, 0.1) is 4.90 Å². The standard InChI is InChI=1S/C18H14O3S/c1-22(20,21)15-6-4-5-13(11-15)17-10-9-14(12-19)16-7-2-3-8-18(16)17/h2-12H,1H3. The molecule has 110 valence electrons. The summed E-state index contributed by atoms with van der Waals surface area (Å²) in [6.07, 6.45) is 2.03. The van der Waals surface area contributed by atoms with Gasteiger partial charge < -0.3 is 0 Å². The van der Waals surface area contributed by atoms with Gasteiger partial charge in [0.25, 0.3) is 0 Å². The number of hydrogen-bond donors (Lipinski definition) is 0. The van der Waals surface area contributed by atoms with Crippen molar-refractivity contribution in [1.29, 1.82) is 0 Å². The van der Waals surface area contributed by atoms with Crippen molar-refractivity contribution in [1.82, 2.24) is 0 Å². The Labute approximate surface area is 129 Å². The molecule has 0 saturated heterocycles. The maximum absolute atomic E-state index is 11.7. The maximum atomic E-state index is 11.7. The lowest BCUT2D eigenvalue weighted by molar-refractivity contribution is 0.112. The summed E-state index contributed by atoms with van der Waals surface area (Å²) in [4.78, 5) is 11.5. The lowest BCUT2D eigenvalue weighted by Crippen LogP contribution is -1.97. The van der Waals surface area contributed by atoms with Gasteiger partial charge in [-0.2, -0.15) is 0 Å². The van der Waals surface area contributed by atoms with Gasteiger partial charge in [0.15, 0.2) is 16.1 Å². The Balaban J connectivity index is 2.30. The Bertz CT molecular complexity index is 973. The first-order valence-electron chi connectivity index (χ1n) is 6.78. The first-order valence-corrected chi connectivity index (χ1v) is 8.67. The van der Waals surface area contributed by atoms with Crippen LogP contribution < -0.4 is 0 Å². The van der Waals surface area contributed by atoms with E-state index >= 15 is 0 Å². The number of sulfone groups is 1. The van der Waals surface area contributed by atoms with Crippen molar-refractivity contribution in [2.45, 2.75) is 4.90 Å². The minimum absolute atomic E-state index is 0.286. The first kappa shape index (κ1) is 14.5. The summed E-state index contributed by atoms with van der Waals surface area (Å²) in [5.74, 6) is 0. The molecule has 0 aliphatic rings. The fourth-order valence-corrected chi connectivity index (χ4v) is 3.24. The van der Waals surface area contributed by atoms with Gasteiger partial charge >= 0.3 is 0 Å². The van der Waals surface area contributed by atoms with E-state index in [9.17, 15) is 13.2 Å². The molecule has 0 atom stereocenters. The number of carbonyl (C=O) groups excluding carboxylic acids is 1. The van der Waals surface area contributed by atoms with Crippen LogP contribution in [-0.2, 0) is 9.84 Å². The lowest BCUT2D eigenvalue weighted by Gasteiger charge is -2.10. The van der Waals surface area contributed by atoms with Gasteiger partial charge in [-0.3, -0.25) is 4.79 Å². The Hall–Kier alpha value is -2.46. The predicted octanol–water partition coefficient (Wildman–Crippen LogP) is 3.72. The minimum atomic E-state index is -3.26. The van der Waals surface area contributed by atoms with Crippen molar-refractivity contribution in [2.75, 3.05) is 6.26 Å². The average Bonchev–Trinajstić information content (AvgIpc) is 2.53. The fraction of sp³-hybridized carbons (Fsp3) is 0.0556. The van der Waals surface area contributed by atoms with Gasteiger partial charge in [-0.05, 0) is 34.0 Å². The third-order valence-electron chi connectivity index (χ3n) is 3.66. The molecule has 0 saturated carbocycles. The lowest BCUT2D eigenvalue weighted by atomic mass is 9.95. The highest BCUT2D eigenvalue weighted by molar-refractivity contribution is 7.90. The van der Waals surface area contributed by atoms with E-state index in [0.29, 0.717) is 5.56 Å². The third-order valence-corrected chi connectivity index (χ3v) is 4.77. The molecule has 0 amide bonds. The molecule has 3 rings (SSSR count). The molecule has 0 N–H and O–H groups in total. The molecule has 0 radical (unpaired) electrons. The number of hydrogen-bond acceptors (Lipinski definition) is 3. The van der Waals surface area contributed by atoms with Gasteiger partial charge in [-0.15, -0.1) is 0 Å². The third kappa shape index (κ3) is 2.53. The van der Waals surface area contributed by atoms with Gasteiger partial charge in [-0.25, -0.2) is 8.42 Å². The van der Waals surface area contributed by atoms with Crippen LogP contribution in [0, 0.1) is 0 Å². The zero-order valence-corrected chi connectivity index (χ0v) is 12.8. The summed E-state index contributed by atoms with van der Waals surface area (Å²) in [5, 5.41) is 1.79. The molecule has 0 aliphatic carbocycles. The maximum Gasteiger partial charge on any atom is 0.175 e. The summed E-state index contributed by atoms with van der Waals surface area (Å²) in [6, 6.07) is 18.1. The number of rotatable bonds is 3. The quantitative estimate of drug-likeness (QED) is 0.693. The van der Waals surface area contributed by atoms with Crippen LogP contribution >= 0.6 is 0 Å². The van der Waals surface area contributed by atoms with Crippen LogP contribution in [0.1, 0.15) is 10.4 Å². The SMILES string of the molecule is CS(=O)(=O)c1cccc(-c2ccc(C=O)c3ccccc23)c1. The van der Waals surface area contributed by atoms with E-state index in [1.54, 1.807) is 24.3 Å². The zero-order valence-electron chi connectivity index (χ0n) is 12.0. The van der Waals surface area contributed by atoms with E-state index in [1.165, 1.54) is 6.26 Å². The number of aldehydes is 1. The fourth-order valence-electron chi connectivity index (χ4n) is 2.57. The Morgan fingerprint density at radius 3 is 2.27 bits per heavy atom. The second-order valence-electron chi connectivity index (χ2n) is 5.17. The van der Waals surface area contributed by atoms with Crippen molar-refractivity contribution in [2.24, 2.45) is 0 Å². The monoisotopic (exact) mass is 310 g/mol. The van der Waals surface area contributed by atoms with Crippen LogP contribution in [0.15, 0.2) is 65.6 Å². The second kappa shape index (κ2) is 5.39. The minimum Gasteiger partial charge on any atom is -0.298 e. The van der Waals surface area contributed by atoms with Crippen LogP contribution in [0.25, 0.3) is 21.9 Å². The number of carbonyl (C=O) groups is 1. The normalized spacial score (nSPS) is 11.5. The number of benzene rings is 3. The molecule has 0 bridgehead atoms. The predicted molar refractivity (Wildman–Crippen MR) is 87.9 cm³/mol. The molecule has 0 aliphatic heterocycles. The van der Waals surface area contributed by atoms with Crippen molar-refractivity contribution in [3.05, 3.63) is 66.2 Å². The van der Waals surface area contributed by atoms with Crippen molar-refractivity contribution in [3.63, 3.8) is 0 Å². The Morgan fingerprint density at radius 1 is 0.864 bits per heavy atom. The topological polar surface area (TPSA) is 51.2 Å².